The molecule has 0 radical (unpaired) electrons. The maximum absolute atomic E-state index is 14.3. The number of Topliss-reactive ketones (excluding diaryl/α,β-unsaturated/α-hetero) is 2. The van der Waals surface area contributed by atoms with Crippen molar-refractivity contribution < 1.29 is 29.6 Å². The lowest BCUT2D eigenvalue weighted by Crippen LogP contribution is -2.67. The molecular formula is C30H44O6. The second kappa shape index (κ2) is 7.84. The van der Waals surface area contributed by atoms with Crippen LogP contribution in [0.25, 0.3) is 0 Å². The minimum Gasteiger partial charge on any atom is -0.395 e. The van der Waals surface area contributed by atoms with E-state index in [0.29, 0.717) is 25.7 Å². The minimum atomic E-state index is -1.61. The molecule has 0 spiro atoms. The SMILES string of the molecule is CC(C)=C[C@H]1O[C@@H]2C[C@@]3(C)[C@@H]4CC=C5[C@@H](CC[C@H](O)C5(C)C)[C@]4(CO)C(=O)C[C@]3(C)[C@H]2[C@@](C)(O)C1=O. The summed E-state index contributed by atoms with van der Waals surface area (Å²) in [5, 5.41) is 33.6. The second-order valence-corrected chi connectivity index (χ2v) is 14.0. The van der Waals surface area contributed by atoms with Gasteiger partial charge < -0.3 is 20.1 Å². The minimum absolute atomic E-state index is 0.0353. The van der Waals surface area contributed by atoms with Crippen LogP contribution in [0.4, 0.5) is 0 Å². The average Bonchev–Trinajstić information content (AvgIpc) is 3.01. The summed E-state index contributed by atoms with van der Waals surface area (Å²) in [5.74, 6) is -1.05. The third kappa shape index (κ3) is 2.99. The first-order chi connectivity index (χ1) is 16.6. The number of aliphatic hydroxyl groups excluding tert-OH is 2. The molecule has 0 unspecified atom stereocenters. The van der Waals surface area contributed by atoms with Gasteiger partial charge in [0.15, 0.2) is 5.78 Å². The molecule has 0 amide bonds. The summed E-state index contributed by atoms with van der Waals surface area (Å²) < 4.78 is 6.42. The van der Waals surface area contributed by atoms with E-state index >= 15 is 0 Å². The molecule has 1 saturated heterocycles. The van der Waals surface area contributed by atoms with E-state index in [2.05, 4.69) is 19.9 Å². The zero-order valence-electron chi connectivity index (χ0n) is 22.9. The van der Waals surface area contributed by atoms with Crippen LogP contribution in [0.2, 0.25) is 0 Å². The first kappa shape index (κ1) is 26.3. The van der Waals surface area contributed by atoms with Crippen molar-refractivity contribution in [1.82, 2.24) is 0 Å². The van der Waals surface area contributed by atoms with Gasteiger partial charge in [0.05, 0.1) is 24.2 Å². The Kier molecular flexibility index (Phi) is 5.72. The van der Waals surface area contributed by atoms with Gasteiger partial charge in [-0.2, -0.15) is 0 Å². The number of rotatable bonds is 2. The maximum atomic E-state index is 14.3. The highest BCUT2D eigenvalue weighted by molar-refractivity contribution is 5.94. The molecule has 200 valence electrons. The maximum Gasteiger partial charge on any atom is 0.196 e. The standard InChI is InChI=1S/C30H44O6/c1-16(2)12-19-25(34)29(7,35)24-20(36-19)13-27(5)21-10-8-17-18(9-11-22(32)26(17,3)4)30(21,15-31)23(33)14-28(24,27)6/h8,12,18-22,24,31-32,35H,9-11,13-15H2,1-7H3/t18-,19-,20-,21+,22+,24+,27+,28-,29-,30+/m1/s1. The number of ether oxygens (including phenoxy) is 1. The van der Waals surface area contributed by atoms with Crippen LogP contribution in [0.5, 0.6) is 0 Å². The Balaban J connectivity index is 1.64. The molecule has 0 aromatic heterocycles. The van der Waals surface area contributed by atoms with Crippen molar-refractivity contribution in [3.05, 3.63) is 23.3 Å². The van der Waals surface area contributed by atoms with Crippen molar-refractivity contribution >= 4 is 11.6 Å². The number of fused-ring (bicyclic) bond motifs is 7. The van der Waals surface area contributed by atoms with Gasteiger partial charge in [-0.1, -0.05) is 44.9 Å². The lowest BCUT2D eigenvalue weighted by Gasteiger charge is -2.65. The Bertz CT molecular complexity index is 1050. The molecule has 1 aliphatic heterocycles. The summed E-state index contributed by atoms with van der Waals surface area (Å²) in [6.45, 7) is 13.6. The topological polar surface area (TPSA) is 104 Å². The van der Waals surface area contributed by atoms with E-state index in [1.54, 1.807) is 13.0 Å². The van der Waals surface area contributed by atoms with Gasteiger partial charge in [-0.3, -0.25) is 9.59 Å². The van der Waals surface area contributed by atoms with Gasteiger partial charge in [0.25, 0.3) is 0 Å². The van der Waals surface area contributed by atoms with Crippen LogP contribution in [0, 0.1) is 39.4 Å². The summed E-state index contributed by atoms with van der Waals surface area (Å²) in [7, 11) is 0. The van der Waals surface area contributed by atoms with E-state index in [0.717, 1.165) is 11.1 Å². The summed E-state index contributed by atoms with van der Waals surface area (Å²) in [4.78, 5) is 27.8. The zero-order valence-corrected chi connectivity index (χ0v) is 22.9. The van der Waals surface area contributed by atoms with Crippen molar-refractivity contribution in [2.75, 3.05) is 6.61 Å². The fourth-order valence-corrected chi connectivity index (χ4v) is 9.75. The van der Waals surface area contributed by atoms with Crippen LogP contribution >= 0.6 is 0 Å². The van der Waals surface area contributed by atoms with Crippen LogP contribution in [-0.4, -0.2) is 57.4 Å². The summed E-state index contributed by atoms with van der Waals surface area (Å²) in [6.07, 6.45) is 5.14. The number of aliphatic hydroxyl groups is 3. The van der Waals surface area contributed by atoms with Gasteiger partial charge in [0.1, 0.15) is 17.5 Å². The van der Waals surface area contributed by atoms with Crippen molar-refractivity contribution in [3.63, 3.8) is 0 Å². The molecule has 3 N–H and O–H groups in total. The molecule has 6 nitrogen and oxygen atoms in total. The number of carbonyl (C=O) groups is 2. The van der Waals surface area contributed by atoms with E-state index in [1.807, 2.05) is 27.7 Å². The van der Waals surface area contributed by atoms with Crippen LogP contribution < -0.4 is 0 Å². The predicted molar refractivity (Wildman–Crippen MR) is 136 cm³/mol. The van der Waals surface area contributed by atoms with Gasteiger partial charge in [0, 0.05) is 17.8 Å². The van der Waals surface area contributed by atoms with Crippen LogP contribution in [0.15, 0.2) is 23.3 Å². The quantitative estimate of drug-likeness (QED) is 0.499. The highest BCUT2D eigenvalue weighted by atomic mass is 16.5. The average molecular weight is 501 g/mol. The first-order valence-corrected chi connectivity index (χ1v) is 13.7. The van der Waals surface area contributed by atoms with E-state index in [9.17, 15) is 24.9 Å². The predicted octanol–water partition coefficient (Wildman–Crippen LogP) is 3.77. The molecule has 6 heteroatoms. The van der Waals surface area contributed by atoms with Crippen LogP contribution in [-0.2, 0) is 14.3 Å². The Morgan fingerprint density at radius 1 is 1.11 bits per heavy atom. The molecular weight excluding hydrogens is 456 g/mol. The molecule has 10 atom stereocenters. The Labute approximate surface area is 215 Å². The number of allylic oxidation sites excluding steroid dienone is 2. The highest BCUT2D eigenvalue weighted by Crippen LogP contribution is 2.75. The van der Waals surface area contributed by atoms with Gasteiger partial charge in [-0.25, -0.2) is 0 Å². The largest absolute Gasteiger partial charge is 0.395 e. The number of hydrogen-bond acceptors (Lipinski definition) is 6. The smallest absolute Gasteiger partial charge is 0.196 e. The molecule has 5 rings (SSSR count). The van der Waals surface area contributed by atoms with Crippen molar-refractivity contribution in [2.24, 2.45) is 39.4 Å². The van der Waals surface area contributed by atoms with E-state index < -0.39 is 45.4 Å². The monoisotopic (exact) mass is 500 g/mol. The normalized spacial score (nSPS) is 51.4. The van der Waals surface area contributed by atoms with Gasteiger partial charge in [-0.05, 0) is 75.2 Å². The molecule has 1 heterocycles. The Hall–Kier alpha value is -1.34. The zero-order chi connectivity index (χ0) is 26.6. The number of carbonyl (C=O) groups excluding carboxylic acids is 2. The second-order valence-electron chi connectivity index (χ2n) is 14.0. The Morgan fingerprint density at radius 2 is 1.78 bits per heavy atom. The third-order valence-electron chi connectivity index (χ3n) is 11.7. The number of hydrogen-bond donors (Lipinski definition) is 3. The molecule has 0 aromatic carbocycles. The van der Waals surface area contributed by atoms with Gasteiger partial charge in [0.2, 0.25) is 0 Å². The molecule has 36 heavy (non-hydrogen) atoms. The van der Waals surface area contributed by atoms with Gasteiger partial charge in [-0.15, -0.1) is 0 Å². The molecule has 3 saturated carbocycles. The summed E-state index contributed by atoms with van der Waals surface area (Å²) in [5.41, 5.74) is -2.00. The molecule has 5 aliphatic rings. The number of ketones is 2. The van der Waals surface area contributed by atoms with Crippen LogP contribution in [0.1, 0.15) is 80.6 Å². The molecule has 0 aromatic rings. The summed E-state index contributed by atoms with van der Waals surface area (Å²) >= 11 is 0. The fraction of sp³-hybridized carbons (Fsp3) is 0.800. The van der Waals surface area contributed by atoms with Gasteiger partial charge >= 0.3 is 0 Å². The fourth-order valence-electron chi connectivity index (χ4n) is 9.75. The van der Waals surface area contributed by atoms with Crippen molar-refractivity contribution in [1.29, 1.82) is 0 Å². The lowest BCUT2D eigenvalue weighted by molar-refractivity contribution is -0.205. The van der Waals surface area contributed by atoms with Crippen molar-refractivity contribution in [2.45, 2.75) is 104 Å². The lowest BCUT2D eigenvalue weighted by atomic mass is 9.38. The first-order valence-electron chi connectivity index (χ1n) is 13.7. The summed E-state index contributed by atoms with van der Waals surface area (Å²) in [6, 6.07) is 0. The third-order valence-corrected chi connectivity index (χ3v) is 11.7. The van der Waals surface area contributed by atoms with Crippen molar-refractivity contribution in [3.8, 4) is 0 Å². The van der Waals surface area contributed by atoms with E-state index in [4.69, 9.17) is 4.74 Å². The van der Waals surface area contributed by atoms with Crippen LogP contribution in [0.3, 0.4) is 0 Å². The highest BCUT2D eigenvalue weighted by Gasteiger charge is 2.77. The molecule has 4 fully saturated rings. The van der Waals surface area contributed by atoms with E-state index in [-0.39, 0.29) is 42.5 Å². The van der Waals surface area contributed by atoms with E-state index in [1.165, 1.54) is 0 Å². The Morgan fingerprint density at radius 3 is 2.39 bits per heavy atom. The molecule has 4 aliphatic carbocycles. The molecule has 0 bridgehead atoms.